The Bertz CT molecular complexity index is 3100. The Kier molecular flexibility index (Phi) is 21.8. The van der Waals surface area contributed by atoms with Crippen LogP contribution in [0.25, 0.3) is 0 Å². The average Bonchev–Trinajstić information content (AvgIpc) is 3.43. The third kappa shape index (κ3) is 16.4. The van der Waals surface area contributed by atoms with Crippen LogP contribution in [-0.2, 0) is 70.6 Å². The third-order valence-electron chi connectivity index (χ3n) is 13.1. The van der Waals surface area contributed by atoms with Gasteiger partial charge in [-0.3, -0.25) is 9.59 Å². The summed E-state index contributed by atoms with van der Waals surface area (Å²) in [5, 5.41) is 0. The van der Waals surface area contributed by atoms with Crippen LogP contribution in [0.3, 0.4) is 0 Å². The van der Waals surface area contributed by atoms with Gasteiger partial charge in [0.15, 0.2) is 13.2 Å². The minimum atomic E-state index is -4.19. The summed E-state index contributed by atoms with van der Waals surface area (Å²) in [7, 11) is -8.24. The van der Waals surface area contributed by atoms with Crippen LogP contribution in [0.4, 0.5) is 0 Å². The van der Waals surface area contributed by atoms with Crippen LogP contribution in [0, 0.1) is 0 Å². The van der Waals surface area contributed by atoms with E-state index in [0.717, 1.165) is 100 Å². The lowest BCUT2D eigenvalue weighted by Crippen LogP contribution is -2.42. The van der Waals surface area contributed by atoms with Gasteiger partial charge < -0.3 is 32.6 Å². The zero-order chi connectivity index (χ0) is 55.5. The van der Waals surface area contributed by atoms with Crippen LogP contribution in [-0.4, -0.2) is 94.4 Å². The zero-order valence-corrected chi connectivity index (χ0v) is 48.2. The number of benzene rings is 6. The molecule has 0 aliphatic heterocycles. The fourth-order valence-electron chi connectivity index (χ4n) is 9.67. The number of unbranched alkanes of at least 4 members (excludes halogenated alkanes) is 3. The number of ether oxygens (including phenoxy) is 4. The molecule has 6 aromatic rings. The van der Waals surface area contributed by atoms with E-state index in [1.807, 2.05) is 80.2 Å². The highest BCUT2D eigenvalue weighted by atomic mass is 32.2. The number of carbonyl (C=O) groups is 2. The maximum Gasteiger partial charge on any atom is 0.498 e. The lowest BCUT2D eigenvalue weighted by atomic mass is 9.90. The van der Waals surface area contributed by atoms with E-state index in [1.165, 1.54) is 24.3 Å². The van der Waals surface area contributed by atoms with Gasteiger partial charge >= 0.3 is 8.80 Å². The number of carbonyl (C=O) groups excluding carboxylic acids is 2. The number of aryl methyl sites for hydroxylation is 1. The fourth-order valence-corrected chi connectivity index (χ4v) is 14.6. The van der Waals surface area contributed by atoms with E-state index < -0.39 is 53.9 Å². The Labute approximate surface area is 464 Å². The minimum absolute atomic E-state index is 0.0501. The predicted octanol–water partition coefficient (Wildman–Crippen LogP) is 9.38. The SMILES string of the molecule is CCO[Si](O)(CCCCCCSCCCc1cc2c(OCC(=O)NS(=O)(=O)c3ccccc3)c(c1)Cc1cccc(c1OC)Cc1cccc(c1OCC(=O)NS(=O)(=O)c1ccccc1)Cc1cccc(c1OC)C2)OCC. The normalized spacial score (nSPS) is 12.6. The monoisotopic (exact) mass is 1140 g/mol. The summed E-state index contributed by atoms with van der Waals surface area (Å²) in [6, 6.07) is 37.5. The van der Waals surface area contributed by atoms with Gasteiger partial charge in [0.05, 0.1) is 24.0 Å². The number of nitrogens with one attached hydrogen (secondary N) is 2. The molecule has 1 aliphatic carbocycles. The van der Waals surface area contributed by atoms with Crippen molar-refractivity contribution < 1.29 is 59.0 Å². The van der Waals surface area contributed by atoms with Gasteiger partial charge in [0.25, 0.3) is 31.9 Å². The summed E-state index contributed by atoms with van der Waals surface area (Å²) < 4.78 is 93.6. The number of para-hydroxylation sites is 3. The van der Waals surface area contributed by atoms with Gasteiger partial charge in [0.1, 0.15) is 23.0 Å². The van der Waals surface area contributed by atoms with Crippen molar-refractivity contribution in [3.05, 3.63) is 177 Å². The van der Waals surface area contributed by atoms with Crippen LogP contribution >= 0.6 is 11.8 Å². The van der Waals surface area contributed by atoms with Crippen molar-refractivity contribution in [2.45, 2.75) is 93.9 Å². The molecular formula is C59H70N2O13S3Si. The first kappa shape index (κ1) is 59.5. The number of amides is 2. The van der Waals surface area contributed by atoms with Gasteiger partial charge in [-0.1, -0.05) is 116 Å². The van der Waals surface area contributed by atoms with E-state index in [-0.39, 0.29) is 9.79 Å². The number of thioether (sulfide) groups is 1. The Morgan fingerprint density at radius 2 is 0.897 bits per heavy atom. The van der Waals surface area contributed by atoms with Crippen LogP contribution in [0.1, 0.15) is 96.0 Å². The molecule has 0 saturated heterocycles. The summed E-state index contributed by atoms with van der Waals surface area (Å²) in [6.07, 6.45) is 6.84. The molecule has 0 atom stereocenters. The van der Waals surface area contributed by atoms with Crippen molar-refractivity contribution in [2.24, 2.45) is 0 Å². The van der Waals surface area contributed by atoms with Crippen LogP contribution < -0.4 is 28.4 Å². The number of methoxy groups -OCH3 is 2. The predicted molar refractivity (Wildman–Crippen MR) is 305 cm³/mol. The van der Waals surface area contributed by atoms with Crippen molar-refractivity contribution in [1.29, 1.82) is 0 Å². The second-order valence-corrected chi connectivity index (χ2v) is 25.9. The van der Waals surface area contributed by atoms with Gasteiger partial charge in [0.2, 0.25) is 0 Å². The second-order valence-electron chi connectivity index (χ2n) is 18.8. The molecule has 78 heavy (non-hydrogen) atoms. The van der Waals surface area contributed by atoms with E-state index in [4.69, 9.17) is 27.8 Å². The molecule has 6 aromatic carbocycles. The Hall–Kier alpha value is -6.19. The molecule has 0 spiro atoms. The number of sulfonamides is 2. The molecular weight excluding hydrogens is 1070 g/mol. The first-order valence-electron chi connectivity index (χ1n) is 26.3. The Morgan fingerprint density at radius 1 is 0.513 bits per heavy atom. The lowest BCUT2D eigenvalue weighted by molar-refractivity contribution is -0.122. The van der Waals surface area contributed by atoms with E-state index in [0.29, 0.717) is 67.9 Å². The first-order valence-corrected chi connectivity index (χ1v) is 32.3. The summed E-state index contributed by atoms with van der Waals surface area (Å²) in [5.41, 5.74) is 7.27. The van der Waals surface area contributed by atoms with Crippen molar-refractivity contribution >= 4 is 52.4 Å². The smallest absolute Gasteiger partial charge is 0.496 e. The highest BCUT2D eigenvalue weighted by molar-refractivity contribution is 7.99. The van der Waals surface area contributed by atoms with Gasteiger partial charge in [0, 0.05) is 44.9 Å². The minimum Gasteiger partial charge on any atom is -0.496 e. The summed E-state index contributed by atoms with van der Waals surface area (Å²) in [6.45, 7) is 3.44. The van der Waals surface area contributed by atoms with Crippen molar-refractivity contribution in [1.82, 2.24) is 9.44 Å². The molecule has 0 heterocycles. The van der Waals surface area contributed by atoms with Crippen LogP contribution in [0.15, 0.2) is 137 Å². The Morgan fingerprint density at radius 3 is 1.32 bits per heavy atom. The summed E-state index contributed by atoms with van der Waals surface area (Å²) in [5.74, 6) is 2.32. The highest BCUT2D eigenvalue weighted by Gasteiger charge is 2.35. The second kappa shape index (κ2) is 28.6. The van der Waals surface area contributed by atoms with Gasteiger partial charge in [-0.15, -0.1) is 0 Å². The van der Waals surface area contributed by atoms with E-state index >= 15 is 0 Å². The largest absolute Gasteiger partial charge is 0.498 e. The molecule has 7 rings (SSSR count). The molecule has 15 nitrogen and oxygen atoms in total. The molecule has 0 unspecified atom stereocenters. The van der Waals surface area contributed by atoms with Gasteiger partial charge in [-0.2, -0.15) is 11.8 Å². The summed E-state index contributed by atoms with van der Waals surface area (Å²) in [4.78, 5) is 37.6. The third-order valence-corrected chi connectivity index (χ3v) is 19.5. The van der Waals surface area contributed by atoms with E-state index in [1.54, 1.807) is 50.6 Å². The topological polar surface area (TPSA) is 202 Å². The Balaban J connectivity index is 1.20. The molecule has 0 saturated carbocycles. The highest BCUT2D eigenvalue weighted by Crippen LogP contribution is 2.39. The lowest BCUT2D eigenvalue weighted by Gasteiger charge is -2.22. The molecule has 1 aliphatic rings. The first-order chi connectivity index (χ1) is 37.7. The maximum atomic E-state index is 13.6. The average molecular weight is 1140 g/mol. The van der Waals surface area contributed by atoms with E-state index in [2.05, 4.69) is 21.6 Å². The zero-order valence-electron chi connectivity index (χ0n) is 44.7. The quantitative estimate of drug-likeness (QED) is 0.0325. The van der Waals surface area contributed by atoms with Crippen molar-refractivity contribution in [3.63, 3.8) is 0 Å². The van der Waals surface area contributed by atoms with Gasteiger partial charge in [-0.05, 0) is 125 Å². The molecule has 19 heteroatoms. The van der Waals surface area contributed by atoms with Crippen LogP contribution in [0.2, 0.25) is 6.04 Å². The molecule has 2 amide bonds. The number of hydrogen-bond acceptors (Lipinski definition) is 14. The summed E-state index contributed by atoms with van der Waals surface area (Å²) >= 11 is 1.91. The number of rotatable bonds is 27. The maximum absolute atomic E-state index is 13.6. The van der Waals surface area contributed by atoms with Gasteiger partial charge in [-0.25, -0.2) is 26.3 Å². The molecule has 8 bridgehead atoms. The molecule has 0 radical (unpaired) electrons. The standard InChI is InChI=1S/C59H70N2O13S3Si/c1-5-73-78(68,74-6-2)34-16-8-7-15-32-75-33-20-21-43-35-50-39-46-24-17-22-44(56(46)69-3)37-48-26-19-27-49(58(48)71-41-54(62)60-76(64,65)52-28-11-9-12-29-52)38-45-23-18-25-47(57(45)70-4)40-51(36-43)59(50)72-42-55(63)61-77(66,67)53-30-13-10-14-31-53/h9-14,17-19,22-31,35-36,68H,5-8,15-16,20-21,32-34,37-42H2,1-4H3,(H,60,62)(H,61,63). The molecule has 0 aromatic heterocycles. The van der Waals surface area contributed by atoms with E-state index in [9.17, 15) is 31.2 Å². The molecule has 416 valence electrons. The van der Waals surface area contributed by atoms with Crippen molar-refractivity contribution in [3.8, 4) is 23.0 Å². The van der Waals surface area contributed by atoms with Crippen LogP contribution in [0.5, 0.6) is 23.0 Å². The number of fused-ring (bicyclic) bond motifs is 8. The fraction of sp³-hybridized carbons (Fsp3) is 0.356. The van der Waals surface area contributed by atoms with Crippen molar-refractivity contribution in [2.75, 3.05) is 52.2 Å². The molecule has 0 fully saturated rings. The number of hydrogen-bond donors (Lipinski definition) is 3. The molecule has 3 N–H and O–H groups in total.